The zero-order valence-electron chi connectivity index (χ0n) is 13.6. The summed E-state index contributed by atoms with van der Waals surface area (Å²) in [6.07, 6.45) is 2.29. The number of nitrogens with one attached hydrogen (secondary N) is 1. The molecule has 0 radical (unpaired) electrons. The van der Waals surface area contributed by atoms with Crippen LogP contribution in [0.15, 0.2) is 34.9 Å². The van der Waals surface area contributed by atoms with Crippen LogP contribution in [-0.2, 0) is 12.0 Å². The van der Waals surface area contributed by atoms with Crippen LogP contribution in [0, 0.1) is 0 Å². The molecule has 1 aromatic heterocycles. The van der Waals surface area contributed by atoms with Crippen LogP contribution < -0.4 is 5.32 Å². The molecule has 0 bridgehead atoms. The number of piperidine rings is 1. The summed E-state index contributed by atoms with van der Waals surface area (Å²) in [7, 11) is 1.55. The topological polar surface area (TPSA) is 71.3 Å². The summed E-state index contributed by atoms with van der Waals surface area (Å²) in [6.45, 7) is 4.82. The number of rotatable bonds is 4. The van der Waals surface area contributed by atoms with Gasteiger partial charge in [-0.2, -0.15) is 4.98 Å². The largest absolute Gasteiger partial charge is 0.352 e. The molecule has 3 rings (SSSR count). The molecule has 1 fully saturated rings. The van der Waals surface area contributed by atoms with Crippen molar-refractivity contribution in [1.82, 2.24) is 20.4 Å². The number of nitrogens with zero attached hydrogens (tertiary/aromatic N) is 3. The molecule has 6 nitrogen and oxygen atoms in total. The Morgan fingerprint density at radius 1 is 1.39 bits per heavy atom. The van der Waals surface area contributed by atoms with Gasteiger partial charge in [0.1, 0.15) is 0 Å². The van der Waals surface area contributed by atoms with Gasteiger partial charge in [-0.05, 0) is 24.9 Å². The van der Waals surface area contributed by atoms with Crippen molar-refractivity contribution in [1.29, 1.82) is 0 Å². The SMILES string of the molecule is CNC(=O)c1noc(CN2CCCC(C)(c3ccccc3)C2)n1. The van der Waals surface area contributed by atoms with Gasteiger partial charge in [-0.25, -0.2) is 0 Å². The number of hydrogen-bond donors (Lipinski definition) is 1. The number of likely N-dealkylation sites (tertiary alicyclic amines) is 1. The fraction of sp³-hybridized carbons (Fsp3) is 0.471. The summed E-state index contributed by atoms with van der Waals surface area (Å²) < 4.78 is 5.20. The summed E-state index contributed by atoms with van der Waals surface area (Å²) in [5.41, 5.74) is 1.49. The van der Waals surface area contributed by atoms with E-state index in [4.69, 9.17) is 4.52 Å². The van der Waals surface area contributed by atoms with E-state index in [9.17, 15) is 4.79 Å². The van der Waals surface area contributed by atoms with E-state index in [0.29, 0.717) is 12.4 Å². The first kappa shape index (κ1) is 15.7. The Hall–Kier alpha value is -2.21. The van der Waals surface area contributed by atoms with Crippen LogP contribution in [0.4, 0.5) is 0 Å². The van der Waals surface area contributed by atoms with Crippen molar-refractivity contribution in [3.05, 3.63) is 47.6 Å². The molecule has 1 aromatic carbocycles. The number of carbonyl (C=O) groups is 1. The number of carbonyl (C=O) groups excluding carboxylic acids is 1. The van der Waals surface area contributed by atoms with Crippen LogP contribution >= 0.6 is 0 Å². The summed E-state index contributed by atoms with van der Waals surface area (Å²) in [5.74, 6) is 0.249. The lowest BCUT2D eigenvalue weighted by atomic mass is 9.76. The fourth-order valence-electron chi connectivity index (χ4n) is 3.27. The lowest BCUT2D eigenvalue weighted by Crippen LogP contribution is -2.43. The Morgan fingerprint density at radius 2 is 2.17 bits per heavy atom. The van der Waals surface area contributed by atoms with Gasteiger partial charge >= 0.3 is 0 Å². The molecule has 1 aliphatic heterocycles. The van der Waals surface area contributed by atoms with E-state index in [2.05, 4.69) is 51.5 Å². The lowest BCUT2D eigenvalue weighted by Gasteiger charge is -2.40. The van der Waals surface area contributed by atoms with Gasteiger partial charge in [0, 0.05) is 19.0 Å². The Kier molecular flexibility index (Phi) is 4.43. The van der Waals surface area contributed by atoms with Gasteiger partial charge in [0.2, 0.25) is 5.89 Å². The second kappa shape index (κ2) is 6.50. The highest BCUT2D eigenvalue weighted by Crippen LogP contribution is 2.33. The van der Waals surface area contributed by atoms with Crippen LogP contribution in [0.3, 0.4) is 0 Å². The number of aromatic nitrogens is 2. The summed E-state index contributed by atoms with van der Waals surface area (Å²) >= 11 is 0. The standard InChI is InChI=1S/C17H22N4O2/c1-17(13-7-4-3-5-8-13)9-6-10-21(12-17)11-14-19-15(20-23-14)16(22)18-2/h3-5,7-8H,6,9-12H2,1-2H3,(H,18,22). The normalized spacial score (nSPS) is 22.0. The zero-order valence-corrected chi connectivity index (χ0v) is 13.6. The monoisotopic (exact) mass is 314 g/mol. The first-order chi connectivity index (χ1) is 11.1. The minimum absolute atomic E-state index is 0.0883. The molecule has 0 aliphatic carbocycles. The maximum absolute atomic E-state index is 11.5. The molecule has 2 aromatic rings. The van der Waals surface area contributed by atoms with Gasteiger partial charge in [-0.1, -0.05) is 42.4 Å². The third kappa shape index (κ3) is 3.42. The molecule has 1 amide bonds. The van der Waals surface area contributed by atoms with E-state index in [1.54, 1.807) is 7.05 Å². The third-order valence-electron chi connectivity index (χ3n) is 4.50. The van der Waals surface area contributed by atoms with Gasteiger partial charge in [-0.3, -0.25) is 9.69 Å². The highest BCUT2D eigenvalue weighted by atomic mass is 16.5. The molecule has 1 aliphatic rings. The van der Waals surface area contributed by atoms with Crippen LogP contribution in [0.2, 0.25) is 0 Å². The average molecular weight is 314 g/mol. The molecule has 0 saturated carbocycles. The van der Waals surface area contributed by atoms with Gasteiger partial charge < -0.3 is 9.84 Å². The quantitative estimate of drug-likeness (QED) is 0.934. The highest BCUT2D eigenvalue weighted by Gasteiger charge is 2.33. The molecule has 122 valence electrons. The molecule has 1 atom stereocenters. The smallest absolute Gasteiger partial charge is 0.292 e. The summed E-state index contributed by atoms with van der Waals surface area (Å²) in [5, 5.41) is 6.22. The Morgan fingerprint density at radius 3 is 2.91 bits per heavy atom. The van der Waals surface area contributed by atoms with Crippen LogP contribution in [0.25, 0.3) is 0 Å². The zero-order chi connectivity index (χ0) is 16.3. The molecular weight excluding hydrogens is 292 g/mol. The predicted octanol–water partition coefficient (Wildman–Crippen LogP) is 1.98. The van der Waals surface area contributed by atoms with Gasteiger partial charge in [-0.15, -0.1) is 0 Å². The minimum atomic E-state index is -0.326. The Balaban J connectivity index is 1.69. The van der Waals surface area contributed by atoms with Crippen molar-refractivity contribution in [3.63, 3.8) is 0 Å². The molecule has 23 heavy (non-hydrogen) atoms. The lowest BCUT2D eigenvalue weighted by molar-refractivity contribution is 0.0950. The number of benzene rings is 1. The molecule has 6 heteroatoms. The second-order valence-electron chi connectivity index (χ2n) is 6.33. The van der Waals surface area contributed by atoms with Crippen molar-refractivity contribution in [2.24, 2.45) is 0 Å². The minimum Gasteiger partial charge on any atom is -0.352 e. The van der Waals surface area contributed by atoms with E-state index in [-0.39, 0.29) is 17.1 Å². The van der Waals surface area contributed by atoms with Crippen molar-refractivity contribution in [2.45, 2.75) is 31.7 Å². The van der Waals surface area contributed by atoms with Gasteiger partial charge in [0.15, 0.2) is 0 Å². The summed E-state index contributed by atoms with van der Waals surface area (Å²) in [6, 6.07) is 10.6. The second-order valence-corrected chi connectivity index (χ2v) is 6.33. The van der Waals surface area contributed by atoms with Crippen LogP contribution in [0.1, 0.15) is 41.8 Å². The molecule has 1 saturated heterocycles. The summed E-state index contributed by atoms with van der Waals surface area (Å²) in [4.78, 5) is 18.0. The molecule has 1 unspecified atom stereocenters. The Bertz CT molecular complexity index is 670. The fourth-order valence-corrected chi connectivity index (χ4v) is 3.27. The Labute approximate surface area is 135 Å². The average Bonchev–Trinajstić information content (AvgIpc) is 3.03. The van der Waals surface area contributed by atoms with Gasteiger partial charge in [0.05, 0.1) is 6.54 Å². The van der Waals surface area contributed by atoms with Crippen molar-refractivity contribution >= 4 is 5.91 Å². The number of hydrogen-bond acceptors (Lipinski definition) is 5. The highest BCUT2D eigenvalue weighted by molar-refractivity contribution is 5.89. The van der Waals surface area contributed by atoms with Crippen molar-refractivity contribution in [2.75, 3.05) is 20.1 Å². The van der Waals surface area contributed by atoms with E-state index < -0.39 is 0 Å². The maximum Gasteiger partial charge on any atom is 0.292 e. The third-order valence-corrected chi connectivity index (χ3v) is 4.50. The molecule has 1 N–H and O–H groups in total. The maximum atomic E-state index is 11.5. The molecule has 2 heterocycles. The van der Waals surface area contributed by atoms with E-state index in [1.165, 1.54) is 12.0 Å². The van der Waals surface area contributed by atoms with E-state index in [1.807, 2.05) is 6.07 Å². The van der Waals surface area contributed by atoms with Crippen LogP contribution in [0.5, 0.6) is 0 Å². The van der Waals surface area contributed by atoms with E-state index in [0.717, 1.165) is 19.5 Å². The van der Waals surface area contributed by atoms with Crippen molar-refractivity contribution < 1.29 is 9.32 Å². The van der Waals surface area contributed by atoms with Gasteiger partial charge in [0.25, 0.3) is 11.7 Å². The first-order valence-corrected chi connectivity index (χ1v) is 7.93. The number of amides is 1. The predicted molar refractivity (Wildman–Crippen MR) is 86.0 cm³/mol. The first-order valence-electron chi connectivity index (χ1n) is 7.93. The molecule has 0 spiro atoms. The molecular formula is C17H22N4O2. The van der Waals surface area contributed by atoms with Crippen LogP contribution in [-0.4, -0.2) is 41.1 Å². The van der Waals surface area contributed by atoms with E-state index >= 15 is 0 Å². The van der Waals surface area contributed by atoms with Crippen molar-refractivity contribution in [3.8, 4) is 0 Å².